The van der Waals surface area contributed by atoms with Crippen LogP contribution in [0.15, 0.2) is 4.99 Å². The van der Waals surface area contributed by atoms with Crippen LogP contribution < -0.4 is 10.6 Å². The van der Waals surface area contributed by atoms with Crippen molar-refractivity contribution < 1.29 is 14.2 Å². The predicted molar refractivity (Wildman–Crippen MR) is 117 cm³/mol. The highest BCUT2D eigenvalue weighted by Crippen LogP contribution is 2.30. The van der Waals surface area contributed by atoms with E-state index in [4.69, 9.17) is 14.2 Å². The lowest BCUT2D eigenvalue weighted by Gasteiger charge is -2.36. The molecule has 1 saturated carbocycles. The van der Waals surface area contributed by atoms with Gasteiger partial charge in [0.1, 0.15) is 0 Å². The molecule has 0 aromatic heterocycles. The molecule has 2 N–H and O–H groups in total. The zero-order chi connectivity index (χ0) is 18.0. The Morgan fingerprint density at radius 1 is 1.23 bits per heavy atom. The molecule has 0 aromatic carbocycles. The average molecular weight is 483 g/mol. The van der Waals surface area contributed by atoms with Crippen molar-refractivity contribution in [3.05, 3.63) is 0 Å². The van der Waals surface area contributed by atoms with E-state index < -0.39 is 0 Å². The zero-order valence-corrected chi connectivity index (χ0v) is 19.1. The van der Waals surface area contributed by atoms with Gasteiger partial charge < -0.3 is 24.8 Å². The summed E-state index contributed by atoms with van der Waals surface area (Å²) in [5.41, 5.74) is -0.145. The third kappa shape index (κ3) is 7.48. The SMILES string of the molecule is CCOC(CCNC(=NC)NCC1(OC)CCOCC1)C1CCCC1.I. The molecule has 1 heterocycles. The molecule has 0 amide bonds. The van der Waals surface area contributed by atoms with Crippen LogP contribution in [0.4, 0.5) is 0 Å². The van der Waals surface area contributed by atoms with Crippen LogP contribution in [0.3, 0.4) is 0 Å². The summed E-state index contributed by atoms with van der Waals surface area (Å²) in [6.07, 6.45) is 8.58. The second kappa shape index (κ2) is 13.1. The maximum Gasteiger partial charge on any atom is 0.191 e. The first-order valence-corrected chi connectivity index (χ1v) is 9.92. The van der Waals surface area contributed by atoms with Crippen LogP contribution in [0.1, 0.15) is 51.9 Å². The molecule has 2 fully saturated rings. The van der Waals surface area contributed by atoms with Crippen LogP contribution in [0, 0.1) is 5.92 Å². The van der Waals surface area contributed by atoms with Gasteiger partial charge in [-0.25, -0.2) is 0 Å². The second-order valence-electron chi connectivity index (χ2n) is 7.18. The molecule has 0 spiro atoms. The molecule has 0 radical (unpaired) electrons. The Morgan fingerprint density at radius 3 is 2.50 bits per heavy atom. The summed E-state index contributed by atoms with van der Waals surface area (Å²) in [6, 6.07) is 0. The van der Waals surface area contributed by atoms with Crippen molar-refractivity contribution in [1.82, 2.24) is 10.6 Å². The fraction of sp³-hybridized carbons (Fsp3) is 0.947. The molecule has 1 aliphatic heterocycles. The van der Waals surface area contributed by atoms with Gasteiger partial charge in [-0.2, -0.15) is 0 Å². The summed E-state index contributed by atoms with van der Waals surface area (Å²) in [7, 11) is 3.60. The van der Waals surface area contributed by atoms with E-state index in [9.17, 15) is 0 Å². The van der Waals surface area contributed by atoms with E-state index in [1.807, 2.05) is 7.05 Å². The molecular formula is C19H38IN3O3. The fourth-order valence-corrected chi connectivity index (χ4v) is 3.99. The van der Waals surface area contributed by atoms with Gasteiger partial charge in [-0.3, -0.25) is 4.99 Å². The lowest BCUT2D eigenvalue weighted by Crippen LogP contribution is -2.51. The third-order valence-electron chi connectivity index (χ3n) is 5.67. The Labute approximate surface area is 176 Å². The lowest BCUT2D eigenvalue weighted by molar-refractivity contribution is -0.0855. The van der Waals surface area contributed by atoms with Crippen LogP contribution in [-0.4, -0.2) is 64.7 Å². The molecule has 1 atom stereocenters. The number of rotatable bonds is 9. The van der Waals surface area contributed by atoms with Crippen LogP contribution in [0.5, 0.6) is 0 Å². The van der Waals surface area contributed by atoms with E-state index in [0.717, 1.165) is 64.1 Å². The third-order valence-corrected chi connectivity index (χ3v) is 5.67. The largest absolute Gasteiger partial charge is 0.381 e. The Kier molecular flexibility index (Phi) is 12.1. The highest BCUT2D eigenvalue weighted by molar-refractivity contribution is 14.0. The van der Waals surface area contributed by atoms with E-state index in [1.54, 1.807) is 7.11 Å². The topological polar surface area (TPSA) is 64.1 Å². The standard InChI is InChI=1S/C19H37N3O3.HI/c1-4-25-17(16-7-5-6-8-16)9-12-21-18(20-2)22-15-19(23-3)10-13-24-14-11-19;/h16-17H,4-15H2,1-3H3,(H2,20,21,22);1H. The van der Waals surface area contributed by atoms with Crippen LogP contribution in [0.25, 0.3) is 0 Å². The van der Waals surface area contributed by atoms with Gasteiger partial charge in [0.2, 0.25) is 0 Å². The average Bonchev–Trinajstić information content (AvgIpc) is 3.19. The smallest absolute Gasteiger partial charge is 0.191 e. The van der Waals surface area contributed by atoms with E-state index in [2.05, 4.69) is 22.5 Å². The second-order valence-corrected chi connectivity index (χ2v) is 7.18. The highest BCUT2D eigenvalue weighted by atomic mass is 127. The van der Waals surface area contributed by atoms with Crippen LogP contribution >= 0.6 is 24.0 Å². The number of ether oxygens (including phenoxy) is 3. The van der Waals surface area contributed by atoms with Gasteiger partial charge in [-0.05, 0) is 32.1 Å². The number of hydrogen-bond acceptors (Lipinski definition) is 4. The number of aliphatic imine (C=N–C) groups is 1. The van der Waals surface area contributed by atoms with Gasteiger partial charge in [-0.1, -0.05) is 12.8 Å². The summed E-state index contributed by atoms with van der Waals surface area (Å²) in [5, 5.41) is 6.86. The van der Waals surface area contributed by atoms with Crippen LogP contribution in [0.2, 0.25) is 0 Å². The molecule has 6 nitrogen and oxygen atoms in total. The van der Waals surface area contributed by atoms with Gasteiger partial charge in [0.25, 0.3) is 0 Å². The van der Waals surface area contributed by atoms with Gasteiger partial charge in [-0.15, -0.1) is 24.0 Å². The molecule has 7 heteroatoms. The fourth-order valence-electron chi connectivity index (χ4n) is 3.99. The minimum Gasteiger partial charge on any atom is -0.381 e. The van der Waals surface area contributed by atoms with Crippen molar-refractivity contribution in [2.45, 2.75) is 63.6 Å². The van der Waals surface area contributed by atoms with Gasteiger partial charge in [0, 0.05) is 59.9 Å². The minimum absolute atomic E-state index is 0. The van der Waals surface area contributed by atoms with Crippen molar-refractivity contribution in [2.24, 2.45) is 10.9 Å². The molecule has 2 aliphatic rings. The van der Waals surface area contributed by atoms with E-state index in [1.165, 1.54) is 25.7 Å². The van der Waals surface area contributed by atoms with E-state index in [0.29, 0.717) is 6.10 Å². The monoisotopic (exact) mass is 483 g/mol. The van der Waals surface area contributed by atoms with Crippen molar-refractivity contribution in [3.63, 3.8) is 0 Å². The van der Waals surface area contributed by atoms with E-state index >= 15 is 0 Å². The molecule has 154 valence electrons. The van der Waals surface area contributed by atoms with Crippen molar-refractivity contribution in [1.29, 1.82) is 0 Å². The summed E-state index contributed by atoms with van der Waals surface area (Å²) in [6.45, 7) is 6.05. The molecule has 2 rings (SSSR count). The number of nitrogens with zero attached hydrogens (tertiary/aromatic N) is 1. The number of nitrogens with one attached hydrogen (secondary N) is 2. The highest BCUT2D eigenvalue weighted by Gasteiger charge is 2.32. The summed E-state index contributed by atoms with van der Waals surface area (Å²) in [5.74, 6) is 1.57. The maximum atomic E-state index is 6.00. The number of methoxy groups -OCH3 is 1. The van der Waals surface area contributed by atoms with Gasteiger partial charge >= 0.3 is 0 Å². The Hall–Kier alpha value is -0.120. The Bertz CT molecular complexity index is 397. The summed E-state index contributed by atoms with van der Waals surface area (Å²) < 4.78 is 17.2. The van der Waals surface area contributed by atoms with Crippen molar-refractivity contribution in [3.8, 4) is 0 Å². The molecule has 1 saturated heterocycles. The molecule has 1 aliphatic carbocycles. The molecule has 26 heavy (non-hydrogen) atoms. The van der Waals surface area contributed by atoms with E-state index in [-0.39, 0.29) is 29.6 Å². The van der Waals surface area contributed by atoms with Crippen LogP contribution in [-0.2, 0) is 14.2 Å². The Balaban J connectivity index is 0.00000338. The molecule has 0 aromatic rings. The normalized spacial score (nSPS) is 21.9. The van der Waals surface area contributed by atoms with Crippen molar-refractivity contribution >= 4 is 29.9 Å². The number of halogens is 1. The predicted octanol–water partition coefficient (Wildman–Crippen LogP) is 2.95. The number of guanidine groups is 1. The summed E-state index contributed by atoms with van der Waals surface area (Å²) >= 11 is 0. The first-order valence-electron chi connectivity index (χ1n) is 9.92. The summed E-state index contributed by atoms with van der Waals surface area (Å²) in [4.78, 5) is 4.35. The minimum atomic E-state index is -0.145. The van der Waals surface area contributed by atoms with Crippen molar-refractivity contribution in [2.75, 3.05) is 47.1 Å². The zero-order valence-electron chi connectivity index (χ0n) is 16.7. The number of hydrogen-bond donors (Lipinski definition) is 2. The van der Waals surface area contributed by atoms with Gasteiger partial charge in [0.05, 0.1) is 11.7 Å². The molecule has 0 bridgehead atoms. The Morgan fingerprint density at radius 2 is 1.92 bits per heavy atom. The molecule has 1 unspecified atom stereocenters. The first-order chi connectivity index (χ1) is 12.2. The maximum absolute atomic E-state index is 6.00. The quantitative estimate of drug-likeness (QED) is 0.300. The molecular weight excluding hydrogens is 445 g/mol. The lowest BCUT2D eigenvalue weighted by atomic mass is 9.94. The first kappa shape index (κ1) is 23.9. The van der Waals surface area contributed by atoms with Gasteiger partial charge in [0.15, 0.2) is 5.96 Å².